The van der Waals surface area contributed by atoms with Gasteiger partial charge in [0.2, 0.25) is 5.91 Å². The van der Waals surface area contributed by atoms with Crippen LogP contribution in [0.4, 0.5) is 5.69 Å². The molecule has 0 saturated carbocycles. The molecule has 140 valence electrons. The number of aryl methyl sites for hydroxylation is 2. The number of nitrogens with one attached hydrogen (secondary N) is 1. The maximum atomic E-state index is 12.6. The van der Waals surface area contributed by atoms with E-state index in [1.165, 1.54) is 21.4 Å². The molecule has 2 aromatic rings. The Labute approximate surface area is 154 Å². The van der Waals surface area contributed by atoms with Crippen LogP contribution in [-0.4, -0.2) is 41.3 Å². The highest BCUT2D eigenvalue weighted by Gasteiger charge is 2.28. The van der Waals surface area contributed by atoms with E-state index >= 15 is 0 Å². The van der Waals surface area contributed by atoms with E-state index in [-0.39, 0.29) is 17.5 Å². The standard InChI is InChI=1S/C18H24N4O3S/c1-14-6-7-16(10-15(14)2)20-17(23)11-21-12-18(19-13-21)26(24,25)22-8-4-3-5-9-22/h6-7,10,12-13H,3-5,8-9,11H2,1-2H3,(H,20,23). The molecule has 0 spiro atoms. The van der Waals surface area contributed by atoms with Crippen molar-refractivity contribution in [3.8, 4) is 0 Å². The number of anilines is 1. The number of rotatable bonds is 5. The fraction of sp³-hybridized carbons (Fsp3) is 0.444. The first kappa shape index (κ1) is 18.6. The van der Waals surface area contributed by atoms with Crippen LogP contribution in [0.5, 0.6) is 0 Å². The number of nitrogens with zero attached hydrogens (tertiary/aromatic N) is 3. The van der Waals surface area contributed by atoms with Crippen LogP contribution < -0.4 is 5.32 Å². The van der Waals surface area contributed by atoms with Crippen LogP contribution >= 0.6 is 0 Å². The SMILES string of the molecule is Cc1ccc(NC(=O)Cn2cnc(S(=O)(=O)N3CCCCC3)c2)cc1C. The number of sulfonamides is 1. The molecule has 0 radical (unpaired) electrons. The number of amides is 1. The normalized spacial score (nSPS) is 15.8. The molecule has 26 heavy (non-hydrogen) atoms. The maximum Gasteiger partial charge on any atom is 0.262 e. The second kappa shape index (κ2) is 7.59. The summed E-state index contributed by atoms with van der Waals surface area (Å²) in [5.74, 6) is -0.229. The molecule has 7 nitrogen and oxygen atoms in total. The predicted octanol–water partition coefficient (Wildman–Crippen LogP) is 2.31. The number of benzene rings is 1. The van der Waals surface area contributed by atoms with Gasteiger partial charge in [-0.2, -0.15) is 4.31 Å². The molecular weight excluding hydrogens is 352 g/mol. The van der Waals surface area contributed by atoms with Crippen LogP contribution in [0, 0.1) is 13.8 Å². The highest BCUT2D eigenvalue weighted by molar-refractivity contribution is 7.89. The van der Waals surface area contributed by atoms with Gasteiger partial charge in [0.25, 0.3) is 10.0 Å². The van der Waals surface area contributed by atoms with Crippen LogP contribution in [0.3, 0.4) is 0 Å². The molecule has 0 atom stereocenters. The Morgan fingerprint density at radius 1 is 1.15 bits per heavy atom. The van der Waals surface area contributed by atoms with Crippen LogP contribution in [0.15, 0.2) is 35.7 Å². The first-order valence-corrected chi connectivity index (χ1v) is 10.2. The van der Waals surface area contributed by atoms with Crippen LogP contribution in [0.25, 0.3) is 0 Å². The number of hydrogen-bond donors (Lipinski definition) is 1. The summed E-state index contributed by atoms with van der Waals surface area (Å²) < 4.78 is 28.2. The minimum absolute atomic E-state index is 0.00150. The van der Waals surface area contributed by atoms with Crippen molar-refractivity contribution < 1.29 is 13.2 Å². The molecule has 0 bridgehead atoms. The molecule has 1 aromatic carbocycles. The van der Waals surface area contributed by atoms with Crippen molar-refractivity contribution in [3.63, 3.8) is 0 Å². The topological polar surface area (TPSA) is 84.3 Å². The van der Waals surface area contributed by atoms with E-state index in [0.717, 1.165) is 36.1 Å². The summed E-state index contributed by atoms with van der Waals surface area (Å²) in [6, 6.07) is 5.71. The number of aromatic nitrogens is 2. The summed E-state index contributed by atoms with van der Waals surface area (Å²) >= 11 is 0. The van der Waals surface area contributed by atoms with Crippen LogP contribution in [0.1, 0.15) is 30.4 Å². The maximum absolute atomic E-state index is 12.6. The van der Waals surface area contributed by atoms with Crippen LogP contribution in [-0.2, 0) is 21.4 Å². The van der Waals surface area contributed by atoms with Gasteiger partial charge in [0.05, 0.1) is 6.33 Å². The van der Waals surface area contributed by atoms with E-state index < -0.39 is 10.0 Å². The van der Waals surface area contributed by atoms with Crippen molar-refractivity contribution >= 4 is 21.6 Å². The van der Waals surface area contributed by atoms with Crippen molar-refractivity contribution in [3.05, 3.63) is 41.9 Å². The van der Waals surface area contributed by atoms with Gasteiger partial charge in [-0.1, -0.05) is 12.5 Å². The lowest BCUT2D eigenvalue weighted by molar-refractivity contribution is -0.116. The molecule has 0 aliphatic carbocycles. The number of hydrogen-bond acceptors (Lipinski definition) is 4. The molecule has 2 heterocycles. The van der Waals surface area contributed by atoms with Gasteiger partial charge in [-0.15, -0.1) is 0 Å². The Balaban J connectivity index is 1.65. The highest BCUT2D eigenvalue weighted by atomic mass is 32.2. The molecule has 1 aliphatic heterocycles. The number of imidazole rings is 1. The molecule has 3 rings (SSSR count). The van der Waals surface area contributed by atoms with Gasteiger partial charge >= 0.3 is 0 Å². The van der Waals surface area contributed by atoms with Crippen molar-refractivity contribution in [1.29, 1.82) is 0 Å². The van der Waals surface area contributed by atoms with Crippen molar-refractivity contribution in [1.82, 2.24) is 13.9 Å². The molecule has 1 aliphatic rings. The average Bonchev–Trinajstić information content (AvgIpc) is 3.08. The van der Waals surface area contributed by atoms with Crippen molar-refractivity contribution in [2.24, 2.45) is 0 Å². The van der Waals surface area contributed by atoms with Gasteiger partial charge in [0, 0.05) is 25.0 Å². The second-order valence-corrected chi connectivity index (χ2v) is 8.58. The first-order chi connectivity index (χ1) is 12.4. The minimum Gasteiger partial charge on any atom is -0.327 e. The van der Waals surface area contributed by atoms with Gasteiger partial charge in [0.1, 0.15) is 6.54 Å². The van der Waals surface area contributed by atoms with E-state index in [2.05, 4.69) is 10.3 Å². The quantitative estimate of drug-likeness (QED) is 0.868. The van der Waals surface area contributed by atoms with Crippen molar-refractivity contribution in [2.45, 2.75) is 44.7 Å². The molecule has 8 heteroatoms. The summed E-state index contributed by atoms with van der Waals surface area (Å²) in [7, 11) is -3.58. The van der Waals surface area contributed by atoms with Gasteiger partial charge in [-0.05, 0) is 49.9 Å². The van der Waals surface area contributed by atoms with Crippen LogP contribution in [0.2, 0.25) is 0 Å². The monoisotopic (exact) mass is 376 g/mol. The Kier molecular flexibility index (Phi) is 5.43. The van der Waals surface area contributed by atoms with Crippen molar-refractivity contribution in [2.75, 3.05) is 18.4 Å². The Bertz CT molecular complexity index is 899. The third kappa shape index (κ3) is 4.13. The Hall–Kier alpha value is -2.19. The van der Waals surface area contributed by atoms with E-state index in [1.807, 2.05) is 32.0 Å². The average molecular weight is 376 g/mol. The lowest BCUT2D eigenvalue weighted by atomic mass is 10.1. The summed E-state index contributed by atoms with van der Waals surface area (Å²) in [4.78, 5) is 16.2. The Morgan fingerprint density at radius 2 is 1.88 bits per heavy atom. The summed E-state index contributed by atoms with van der Waals surface area (Å²) in [6.45, 7) is 5.07. The highest BCUT2D eigenvalue weighted by Crippen LogP contribution is 2.19. The van der Waals surface area contributed by atoms with E-state index in [0.29, 0.717) is 13.1 Å². The molecule has 1 saturated heterocycles. The predicted molar refractivity (Wildman–Crippen MR) is 99.4 cm³/mol. The zero-order valence-corrected chi connectivity index (χ0v) is 15.9. The van der Waals surface area contributed by atoms with Gasteiger partial charge in [0.15, 0.2) is 5.03 Å². The molecule has 1 aromatic heterocycles. The molecule has 1 amide bonds. The first-order valence-electron chi connectivity index (χ1n) is 8.75. The lowest BCUT2D eigenvalue weighted by Gasteiger charge is -2.24. The van der Waals surface area contributed by atoms with Gasteiger partial charge in [-0.25, -0.2) is 13.4 Å². The largest absolute Gasteiger partial charge is 0.327 e. The third-order valence-electron chi connectivity index (χ3n) is 4.65. The van der Waals surface area contributed by atoms with E-state index in [4.69, 9.17) is 0 Å². The van der Waals surface area contributed by atoms with E-state index in [9.17, 15) is 13.2 Å². The number of carbonyl (C=O) groups excluding carboxylic acids is 1. The fourth-order valence-corrected chi connectivity index (χ4v) is 4.43. The second-order valence-electron chi connectivity index (χ2n) is 6.70. The Morgan fingerprint density at radius 3 is 2.58 bits per heavy atom. The zero-order valence-electron chi connectivity index (χ0n) is 15.1. The minimum atomic E-state index is -3.58. The van der Waals surface area contributed by atoms with Gasteiger partial charge in [-0.3, -0.25) is 4.79 Å². The molecular formula is C18H24N4O3S. The third-order valence-corrected chi connectivity index (χ3v) is 6.43. The zero-order chi connectivity index (χ0) is 18.7. The summed E-state index contributed by atoms with van der Waals surface area (Å²) in [6.07, 6.45) is 5.61. The fourth-order valence-electron chi connectivity index (χ4n) is 2.98. The van der Waals surface area contributed by atoms with E-state index in [1.54, 1.807) is 0 Å². The lowest BCUT2D eigenvalue weighted by Crippen LogP contribution is -2.35. The molecule has 0 unspecified atom stereocenters. The number of piperidine rings is 1. The van der Waals surface area contributed by atoms with Gasteiger partial charge < -0.3 is 9.88 Å². The molecule has 1 fully saturated rings. The summed E-state index contributed by atoms with van der Waals surface area (Å²) in [5.41, 5.74) is 2.98. The smallest absolute Gasteiger partial charge is 0.262 e. The number of carbonyl (C=O) groups is 1. The summed E-state index contributed by atoms with van der Waals surface area (Å²) in [5, 5.41) is 2.82. The molecule has 1 N–H and O–H groups in total.